The zero-order valence-electron chi connectivity index (χ0n) is 8.84. The number of Topliss-reactive ketones (excluding diaryl/α,β-unsaturated/α-hetero) is 1. The van der Waals surface area contributed by atoms with Crippen molar-refractivity contribution in [3.63, 3.8) is 0 Å². The van der Waals surface area contributed by atoms with E-state index in [9.17, 15) is 4.79 Å². The largest absolute Gasteiger partial charge is 0.315 e. The van der Waals surface area contributed by atoms with Crippen molar-refractivity contribution < 1.29 is 4.79 Å². The van der Waals surface area contributed by atoms with Crippen LogP contribution in [0.3, 0.4) is 0 Å². The van der Waals surface area contributed by atoms with Gasteiger partial charge in [-0.25, -0.2) is 6.57 Å². The second kappa shape index (κ2) is 5.78. The number of halogens is 2. The highest BCUT2D eigenvalue weighted by molar-refractivity contribution is 14.1. The highest BCUT2D eigenvalue weighted by Gasteiger charge is 2.37. The summed E-state index contributed by atoms with van der Waals surface area (Å²) < 4.78 is 1.08. The van der Waals surface area contributed by atoms with Crippen molar-refractivity contribution in [1.82, 2.24) is 0 Å². The summed E-state index contributed by atoms with van der Waals surface area (Å²) in [5.74, 6) is 0.0468. The summed E-state index contributed by atoms with van der Waals surface area (Å²) in [6.07, 6.45) is 0. The molecular formula is C12H11BrINO. The van der Waals surface area contributed by atoms with Gasteiger partial charge in [0.25, 0.3) is 0 Å². The quantitative estimate of drug-likeness (QED) is 0.437. The highest BCUT2D eigenvalue weighted by Crippen LogP contribution is 2.27. The first kappa shape index (κ1) is 13.7. The Kier molecular flexibility index (Phi) is 4.93. The zero-order valence-corrected chi connectivity index (χ0v) is 12.6. The van der Waals surface area contributed by atoms with Crippen molar-refractivity contribution in [2.24, 2.45) is 0 Å². The molecule has 0 saturated heterocycles. The van der Waals surface area contributed by atoms with Crippen molar-refractivity contribution in [3.05, 3.63) is 44.8 Å². The molecule has 0 N–H and O–H groups in total. The van der Waals surface area contributed by atoms with Crippen molar-refractivity contribution in [1.29, 1.82) is 0 Å². The molecule has 0 heterocycles. The lowest BCUT2D eigenvalue weighted by Crippen LogP contribution is -2.36. The van der Waals surface area contributed by atoms with Crippen LogP contribution < -0.4 is 0 Å². The van der Waals surface area contributed by atoms with Gasteiger partial charge in [-0.2, -0.15) is 0 Å². The third-order valence-electron chi connectivity index (χ3n) is 2.59. The van der Waals surface area contributed by atoms with E-state index in [1.54, 1.807) is 0 Å². The molecule has 4 heteroatoms. The van der Waals surface area contributed by atoms with Crippen LogP contribution in [0.15, 0.2) is 24.3 Å². The van der Waals surface area contributed by atoms with Crippen LogP contribution in [-0.2, 0) is 10.2 Å². The van der Waals surface area contributed by atoms with E-state index in [0.29, 0.717) is 0 Å². The minimum Gasteiger partial charge on any atom is -0.315 e. The predicted molar refractivity (Wildman–Crippen MR) is 76.8 cm³/mol. The minimum atomic E-state index is -0.702. The third-order valence-corrected chi connectivity index (χ3v) is 3.77. The number of hydrogen-bond donors (Lipinski definition) is 0. The molecule has 0 aliphatic carbocycles. The molecule has 0 aliphatic heterocycles. The lowest BCUT2D eigenvalue weighted by atomic mass is 9.79. The molecule has 0 aliphatic rings. The van der Waals surface area contributed by atoms with Gasteiger partial charge >= 0.3 is 0 Å². The summed E-state index contributed by atoms with van der Waals surface area (Å²) >= 11 is 5.39. The molecule has 1 aromatic carbocycles. The molecular weight excluding hydrogens is 381 g/mol. The first-order valence-electron chi connectivity index (χ1n) is 4.73. The number of rotatable bonds is 4. The lowest BCUT2D eigenvalue weighted by molar-refractivity contribution is -0.120. The van der Waals surface area contributed by atoms with Gasteiger partial charge in [-0.15, -0.1) is 0 Å². The van der Waals surface area contributed by atoms with Gasteiger partial charge in [-0.3, -0.25) is 4.79 Å². The van der Waals surface area contributed by atoms with Gasteiger partial charge in [0.05, 0.1) is 5.33 Å². The van der Waals surface area contributed by atoms with Crippen LogP contribution in [0.4, 0.5) is 0 Å². The van der Waals surface area contributed by atoms with Gasteiger partial charge in [0, 0.05) is 3.57 Å². The smallest absolute Gasteiger partial charge is 0.230 e. The van der Waals surface area contributed by atoms with E-state index in [-0.39, 0.29) is 17.7 Å². The van der Waals surface area contributed by atoms with Crippen LogP contribution in [0.25, 0.3) is 4.85 Å². The molecule has 0 amide bonds. The van der Waals surface area contributed by atoms with Gasteiger partial charge in [-0.1, -0.05) is 28.1 Å². The third kappa shape index (κ3) is 2.83. The Morgan fingerprint density at radius 2 is 2.31 bits per heavy atom. The molecule has 16 heavy (non-hydrogen) atoms. The molecule has 0 fully saturated rings. The molecule has 1 unspecified atom stereocenters. The van der Waals surface area contributed by atoms with Crippen LogP contribution in [0.5, 0.6) is 0 Å². The topological polar surface area (TPSA) is 21.4 Å². The van der Waals surface area contributed by atoms with Gasteiger partial charge in [-0.05, 0) is 47.2 Å². The van der Waals surface area contributed by atoms with Crippen molar-refractivity contribution in [2.45, 2.75) is 12.3 Å². The van der Waals surface area contributed by atoms with E-state index >= 15 is 0 Å². The molecule has 1 aromatic rings. The molecule has 2 nitrogen and oxygen atoms in total. The fourth-order valence-corrected chi connectivity index (χ4v) is 2.64. The first-order valence-corrected chi connectivity index (χ1v) is 6.93. The Morgan fingerprint density at radius 1 is 1.62 bits per heavy atom. The van der Waals surface area contributed by atoms with E-state index in [2.05, 4.69) is 43.4 Å². The highest BCUT2D eigenvalue weighted by atomic mass is 127. The van der Waals surface area contributed by atoms with E-state index in [0.717, 1.165) is 9.13 Å². The van der Waals surface area contributed by atoms with Crippen molar-refractivity contribution in [2.75, 3.05) is 11.9 Å². The van der Waals surface area contributed by atoms with Gasteiger partial charge in [0.1, 0.15) is 5.41 Å². The van der Waals surface area contributed by atoms with E-state index in [1.165, 1.54) is 0 Å². The number of alkyl halides is 1. The molecule has 0 spiro atoms. The molecule has 0 saturated carbocycles. The number of hydrogen-bond acceptors (Lipinski definition) is 1. The standard InChI is InChI=1S/C12H11BrINO/c1-12(8-15-2,11(16)7-13)9-4-3-5-10(14)6-9/h3-6H,7-8H2,1H3. The minimum absolute atomic E-state index is 0.0468. The van der Waals surface area contributed by atoms with Crippen molar-refractivity contribution in [3.8, 4) is 0 Å². The molecule has 1 atom stereocenters. The van der Waals surface area contributed by atoms with E-state index in [4.69, 9.17) is 6.57 Å². The molecule has 0 bridgehead atoms. The Balaban J connectivity index is 3.22. The van der Waals surface area contributed by atoms with Crippen LogP contribution in [0.2, 0.25) is 0 Å². The van der Waals surface area contributed by atoms with E-state index < -0.39 is 5.41 Å². The zero-order chi connectivity index (χ0) is 12.2. The summed E-state index contributed by atoms with van der Waals surface area (Å²) in [7, 11) is 0. The van der Waals surface area contributed by atoms with Gasteiger partial charge in [0.15, 0.2) is 5.78 Å². The first-order chi connectivity index (χ1) is 7.54. The van der Waals surface area contributed by atoms with Crippen LogP contribution in [0, 0.1) is 10.1 Å². The number of ketones is 1. The maximum atomic E-state index is 11.9. The van der Waals surface area contributed by atoms with Crippen LogP contribution >= 0.6 is 38.5 Å². The Morgan fingerprint density at radius 3 is 2.81 bits per heavy atom. The SMILES string of the molecule is [C-]#[N+]CC(C)(C(=O)CBr)c1cccc(I)c1. The second-order valence-corrected chi connectivity index (χ2v) is 5.52. The number of carbonyl (C=O) groups is 1. The number of benzene rings is 1. The van der Waals surface area contributed by atoms with Gasteiger partial charge < -0.3 is 4.85 Å². The summed E-state index contributed by atoms with van der Waals surface area (Å²) in [4.78, 5) is 15.3. The fraction of sp³-hybridized carbons (Fsp3) is 0.333. The number of nitrogens with zero attached hydrogens (tertiary/aromatic N) is 1. The Labute approximate surface area is 118 Å². The summed E-state index contributed by atoms with van der Waals surface area (Å²) in [6.45, 7) is 9.01. The average molecular weight is 392 g/mol. The normalized spacial score (nSPS) is 13.9. The molecule has 1 rings (SSSR count). The van der Waals surface area contributed by atoms with E-state index in [1.807, 2.05) is 31.2 Å². The van der Waals surface area contributed by atoms with Crippen LogP contribution in [-0.4, -0.2) is 17.7 Å². The Bertz CT molecular complexity index is 441. The summed E-state index contributed by atoms with van der Waals surface area (Å²) in [5, 5.41) is 0.282. The molecule has 0 aromatic heterocycles. The lowest BCUT2D eigenvalue weighted by Gasteiger charge is -2.22. The average Bonchev–Trinajstić information content (AvgIpc) is 2.28. The number of carbonyl (C=O) groups excluding carboxylic acids is 1. The summed E-state index contributed by atoms with van der Waals surface area (Å²) in [6, 6.07) is 7.77. The monoisotopic (exact) mass is 391 g/mol. The van der Waals surface area contributed by atoms with Crippen LogP contribution in [0.1, 0.15) is 12.5 Å². The van der Waals surface area contributed by atoms with Crippen molar-refractivity contribution >= 4 is 44.3 Å². The Hall–Kier alpha value is -0.410. The molecule has 0 radical (unpaired) electrons. The molecule has 84 valence electrons. The maximum Gasteiger partial charge on any atom is 0.230 e. The summed E-state index contributed by atoms with van der Waals surface area (Å²) in [5.41, 5.74) is 0.215. The fourth-order valence-electron chi connectivity index (χ4n) is 1.48. The maximum absolute atomic E-state index is 11.9. The second-order valence-electron chi connectivity index (χ2n) is 3.72. The predicted octanol–water partition coefficient (Wildman–Crippen LogP) is 3.43. The van der Waals surface area contributed by atoms with Gasteiger partial charge in [0.2, 0.25) is 6.54 Å².